The first kappa shape index (κ1) is 15.0. The van der Waals surface area contributed by atoms with Crippen LogP contribution in [0, 0.1) is 16.0 Å². The van der Waals surface area contributed by atoms with Crippen LogP contribution in [0.5, 0.6) is 0 Å². The molecule has 7 nitrogen and oxygen atoms in total. The SMILES string of the molecule is O=[N+]([O-])c1cc(Br)c2nsnc2c1C12CC1C=C(Br)c1nsnc12. The van der Waals surface area contributed by atoms with E-state index in [1.54, 1.807) is 0 Å². The van der Waals surface area contributed by atoms with E-state index >= 15 is 0 Å². The predicted molar refractivity (Wildman–Crippen MR) is 97.5 cm³/mol. The van der Waals surface area contributed by atoms with Gasteiger partial charge in [-0.2, -0.15) is 17.5 Å². The Labute approximate surface area is 159 Å². The number of nitro groups is 1. The minimum atomic E-state index is -0.531. The van der Waals surface area contributed by atoms with E-state index < -0.39 is 5.41 Å². The Bertz CT molecular complexity index is 1080. The topological polar surface area (TPSA) is 94.7 Å². The minimum Gasteiger partial charge on any atom is -0.258 e. The van der Waals surface area contributed by atoms with E-state index in [4.69, 9.17) is 0 Å². The summed E-state index contributed by atoms with van der Waals surface area (Å²) in [6, 6.07) is 1.52. The van der Waals surface area contributed by atoms with E-state index in [2.05, 4.69) is 55.4 Å². The molecule has 11 heteroatoms. The van der Waals surface area contributed by atoms with Gasteiger partial charge in [0.25, 0.3) is 5.69 Å². The minimum absolute atomic E-state index is 0.0509. The number of aromatic nitrogens is 4. The number of hydrogen-bond donors (Lipinski definition) is 0. The number of benzene rings is 1. The van der Waals surface area contributed by atoms with Crippen molar-refractivity contribution in [3.05, 3.63) is 43.7 Å². The summed E-state index contributed by atoms with van der Waals surface area (Å²) in [5.41, 5.74) is 2.92. The average Bonchev–Trinajstić information content (AvgIpc) is 2.96. The maximum Gasteiger partial charge on any atom is 0.277 e. The second-order valence-corrected chi connectivity index (χ2v) is 8.49. The number of nitro benzene ring substituents is 1. The van der Waals surface area contributed by atoms with Gasteiger partial charge in [-0.25, -0.2) is 0 Å². The molecule has 2 heterocycles. The molecule has 2 aliphatic carbocycles. The van der Waals surface area contributed by atoms with Crippen LogP contribution in [0.2, 0.25) is 0 Å². The molecule has 0 saturated heterocycles. The third-order valence-corrected chi connectivity index (χ3v) is 6.91. The second kappa shape index (κ2) is 4.87. The van der Waals surface area contributed by atoms with Crippen molar-refractivity contribution in [1.29, 1.82) is 0 Å². The van der Waals surface area contributed by atoms with Gasteiger partial charge in [0.15, 0.2) is 0 Å². The van der Waals surface area contributed by atoms with Gasteiger partial charge in [0.1, 0.15) is 16.7 Å². The molecular formula is C13H5Br2N5O2S2. The quantitative estimate of drug-likeness (QED) is 0.396. The monoisotopic (exact) mass is 485 g/mol. The molecule has 0 bridgehead atoms. The molecule has 2 aromatic heterocycles. The molecular weight excluding hydrogens is 482 g/mol. The van der Waals surface area contributed by atoms with Crippen LogP contribution in [0.4, 0.5) is 5.69 Å². The smallest absolute Gasteiger partial charge is 0.258 e. The maximum absolute atomic E-state index is 11.7. The highest BCUT2D eigenvalue weighted by atomic mass is 79.9. The van der Waals surface area contributed by atoms with Crippen molar-refractivity contribution in [1.82, 2.24) is 17.5 Å². The van der Waals surface area contributed by atoms with Gasteiger partial charge in [-0.05, 0) is 44.2 Å². The lowest BCUT2D eigenvalue weighted by Crippen LogP contribution is -2.19. The molecule has 2 unspecified atom stereocenters. The normalized spacial score (nSPS) is 24.4. The summed E-state index contributed by atoms with van der Waals surface area (Å²) in [4.78, 5) is 11.4. The molecule has 0 radical (unpaired) electrons. The zero-order chi connectivity index (χ0) is 16.6. The second-order valence-electron chi connectivity index (χ2n) is 5.73. The first-order chi connectivity index (χ1) is 11.5. The molecule has 2 aliphatic rings. The molecule has 3 aromatic rings. The van der Waals surface area contributed by atoms with E-state index in [1.807, 2.05) is 0 Å². The molecule has 1 saturated carbocycles. The number of hydrogen-bond acceptors (Lipinski definition) is 8. The van der Waals surface area contributed by atoms with Crippen molar-refractivity contribution in [3.63, 3.8) is 0 Å². The third kappa shape index (κ3) is 1.75. The van der Waals surface area contributed by atoms with Crippen molar-refractivity contribution in [3.8, 4) is 0 Å². The van der Waals surface area contributed by atoms with E-state index in [0.29, 0.717) is 21.1 Å². The molecule has 0 amide bonds. The van der Waals surface area contributed by atoms with Gasteiger partial charge in [0.2, 0.25) is 0 Å². The molecule has 1 aromatic carbocycles. The summed E-state index contributed by atoms with van der Waals surface area (Å²) < 4.78 is 19.0. The summed E-state index contributed by atoms with van der Waals surface area (Å²) in [5, 5.41) is 11.7. The van der Waals surface area contributed by atoms with E-state index in [9.17, 15) is 10.1 Å². The Morgan fingerprint density at radius 2 is 1.96 bits per heavy atom. The van der Waals surface area contributed by atoms with Crippen LogP contribution < -0.4 is 0 Å². The lowest BCUT2D eigenvalue weighted by Gasteiger charge is -2.20. The first-order valence-corrected chi connectivity index (χ1v) is 9.89. The Morgan fingerprint density at radius 3 is 2.75 bits per heavy atom. The summed E-state index contributed by atoms with van der Waals surface area (Å²) in [5.74, 6) is 0.146. The van der Waals surface area contributed by atoms with Crippen LogP contribution in [-0.4, -0.2) is 22.4 Å². The van der Waals surface area contributed by atoms with Crippen LogP contribution in [-0.2, 0) is 5.41 Å². The average molecular weight is 487 g/mol. The van der Waals surface area contributed by atoms with Crippen LogP contribution in [0.3, 0.4) is 0 Å². The van der Waals surface area contributed by atoms with Gasteiger partial charge in [0, 0.05) is 10.5 Å². The largest absolute Gasteiger partial charge is 0.277 e. The van der Waals surface area contributed by atoms with Gasteiger partial charge < -0.3 is 0 Å². The molecule has 24 heavy (non-hydrogen) atoms. The van der Waals surface area contributed by atoms with E-state index in [1.165, 1.54) is 6.07 Å². The Hall–Kier alpha value is -1.30. The van der Waals surface area contributed by atoms with Gasteiger partial charge in [-0.1, -0.05) is 6.08 Å². The fourth-order valence-corrected chi connectivity index (χ4v) is 6.06. The van der Waals surface area contributed by atoms with Crippen LogP contribution in [0.1, 0.15) is 23.4 Å². The first-order valence-electron chi connectivity index (χ1n) is 6.84. The van der Waals surface area contributed by atoms with Crippen LogP contribution >= 0.6 is 55.3 Å². The van der Waals surface area contributed by atoms with Gasteiger partial charge in [-0.3, -0.25) is 10.1 Å². The van der Waals surface area contributed by atoms with Gasteiger partial charge in [-0.15, -0.1) is 0 Å². The number of halogens is 2. The zero-order valence-electron chi connectivity index (χ0n) is 11.6. The molecule has 0 aliphatic heterocycles. The van der Waals surface area contributed by atoms with Crippen molar-refractivity contribution < 1.29 is 4.92 Å². The molecule has 120 valence electrons. The Balaban J connectivity index is 1.89. The molecule has 0 N–H and O–H groups in total. The summed E-state index contributed by atoms with van der Waals surface area (Å²) in [7, 11) is 0. The lowest BCUT2D eigenvalue weighted by molar-refractivity contribution is -0.385. The fraction of sp³-hybridized carbons (Fsp3) is 0.231. The third-order valence-electron chi connectivity index (χ3n) is 4.61. The highest BCUT2D eigenvalue weighted by Crippen LogP contribution is 2.66. The summed E-state index contributed by atoms with van der Waals surface area (Å²) in [6.45, 7) is 0. The number of allylic oxidation sites excluding steroid dienone is 1. The molecule has 1 fully saturated rings. The van der Waals surface area contributed by atoms with E-state index in [-0.39, 0.29) is 16.5 Å². The Morgan fingerprint density at radius 1 is 1.21 bits per heavy atom. The van der Waals surface area contributed by atoms with Crippen molar-refractivity contribution in [2.45, 2.75) is 11.8 Å². The van der Waals surface area contributed by atoms with Crippen LogP contribution in [0.25, 0.3) is 15.5 Å². The summed E-state index contributed by atoms with van der Waals surface area (Å²) in [6.07, 6.45) is 2.83. The van der Waals surface area contributed by atoms with Gasteiger partial charge >= 0.3 is 0 Å². The van der Waals surface area contributed by atoms with Crippen molar-refractivity contribution >= 4 is 76.5 Å². The maximum atomic E-state index is 11.7. The summed E-state index contributed by atoms with van der Waals surface area (Å²) >= 11 is 9.08. The van der Waals surface area contributed by atoms with Crippen molar-refractivity contribution in [2.24, 2.45) is 5.92 Å². The van der Waals surface area contributed by atoms with Crippen LogP contribution in [0.15, 0.2) is 16.6 Å². The number of fused-ring (bicyclic) bond motifs is 4. The number of rotatable bonds is 2. The standard InChI is InChI=1S/C13H5Br2N5O2S2/c14-5-1-4-3-13(4,12-10(5)17-24-19-12)8-7(20(21)22)2-6(15)9-11(8)18-23-16-9/h1-2,4H,3H2. The lowest BCUT2D eigenvalue weighted by atomic mass is 9.84. The highest BCUT2D eigenvalue weighted by Gasteiger charge is 2.63. The van der Waals surface area contributed by atoms with E-state index in [0.717, 1.165) is 45.7 Å². The van der Waals surface area contributed by atoms with Gasteiger partial charge in [0.05, 0.1) is 49.5 Å². The van der Waals surface area contributed by atoms with Crippen molar-refractivity contribution in [2.75, 3.05) is 0 Å². The predicted octanol–water partition coefficient (Wildman–Crippen LogP) is 4.27. The number of nitrogens with zero attached hydrogens (tertiary/aromatic N) is 5. The molecule has 0 spiro atoms. The molecule has 2 atom stereocenters. The Kier molecular flexibility index (Phi) is 3.04. The highest BCUT2D eigenvalue weighted by molar-refractivity contribution is 9.15. The molecule has 5 rings (SSSR count). The fourth-order valence-electron chi connectivity index (χ4n) is 3.54. The zero-order valence-corrected chi connectivity index (χ0v) is 16.4.